The Bertz CT molecular complexity index is 803. The van der Waals surface area contributed by atoms with Gasteiger partial charge < -0.3 is 10.2 Å². The Labute approximate surface area is 133 Å². The second kappa shape index (κ2) is 5.96. The number of hydrogen-bond donors (Lipinski definition) is 1. The number of aromatic nitrogens is 3. The minimum absolute atomic E-state index is 0.239. The molecule has 23 heavy (non-hydrogen) atoms. The highest BCUT2D eigenvalue weighted by atomic mass is 19.1. The Balaban J connectivity index is 1.76. The first kappa shape index (κ1) is 14.1. The number of halogens is 1. The normalized spacial score (nSPS) is 15.8. The first-order valence-electron chi connectivity index (χ1n) is 7.87. The molecule has 118 valence electrons. The smallest absolute Gasteiger partial charge is 0.154 e. The van der Waals surface area contributed by atoms with E-state index in [2.05, 4.69) is 20.3 Å². The van der Waals surface area contributed by atoms with Gasteiger partial charge in [0.15, 0.2) is 5.82 Å². The van der Waals surface area contributed by atoms with Gasteiger partial charge in [0.1, 0.15) is 11.3 Å². The van der Waals surface area contributed by atoms with Crippen LogP contribution in [0, 0.1) is 5.82 Å². The number of nitrogens with one attached hydrogen (secondary N) is 1. The summed E-state index contributed by atoms with van der Waals surface area (Å²) in [4.78, 5) is 6.87. The van der Waals surface area contributed by atoms with Crippen LogP contribution in [-0.2, 0) is 0 Å². The van der Waals surface area contributed by atoms with Crippen molar-refractivity contribution in [2.45, 2.75) is 6.42 Å². The van der Waals surface area contributed by atoms with Crippen LogP contribution >= 0.6 is 0 Å². The van der Waals surface area contributed by atoms with Crippen LogP contribution in [0.15, 0.2) is 42.7 Å². The van der Waals surface area contributed by atoms with Gasteiger partial charge in [0.05, 0.1) is 5.69 Å². The van der Waals surface area contributed by atoms with Crippen LogP contribution in [0.1, 0.15) is 6.42 Å². The summed E-state index contributed by atoms with van der Waals surface area (Å²) in [6.45, 7) is 3.92. The van der Waals surface area contributed by atoms with Crippen molar-refractivity contribution >= 4 is 11.3 Å². The van der Waals surface area contributed by atoms with Crippen LogP contribution < -0.4 is 10.2 Å². The lowest BCUT2D eigenvalue weighted by atomic mass is 10.1. The van der Waals surface area contributed by atoms with Gasteiger partial charge in [-0.1, -0.05) is 0 Å². The minimum Gasteiger partial charge on any atom is -0.354 e. The van der Waals surface area contributed by atoms with Crippen molar-refractivity contribution in [3.8, 4) is 11.3 Å². The van der Waals surface area contributed by atoms with Gasteiger partial charge in [0.2, 0.25) is 0 Å². The highest BCUT2D eigenvalue weighted by Crippen LogP contribution is 2.25. The van der Waals surface area contributed by atoms with Crippen molar-refractivity contribution in [1.29, 1.82) is 0 Å². The lowest BCUT2D eigenvalue weighted by Crippen LogP contribution is -2.29. The molecule has 0 radical (unpaired) electrons. The summed E-state index contributed by atoms with van der Waals surface area (Å²) >= 11 is 0. The van der Waals surface area contributed by atoms with Gasteiger partial charge in [-0.2, -0.15) is 5.10 Å². The summed E-state index contributed by atoms with van der Waals surface area (Å²) in [5.74, 6) is 0.717. The molecule has 1 N–H and O–H groups in total. The third kappa shape index (κ3) is 2.77. The van der Waals surface area contributed by atoms with Crippen LogP contribution in [0.4, 0.5) is 10.2 Å². The molecule has 0 spiro atoms. The molecule has 3 aromatic rings. The van der Waals surface area contributed by atoms with E-state index in [0.717, 1.165) is 55.2 Å². The highest BCUT2D eigenvalue weighted by Gasteiger charge is 2.16. The van der Waals surface area contributed by atoms with E-state index in [9.17, 15) is 4.39 Å². The van der Waals surface area contributed by atoms with E-state index < -0.39 is 0 Å². The fraction of sp³-hybridized carbons (Fsp3) is 0.294. The first-order valence-corrected chi connectivity index (χ1v) is 7.87. The number of rotatable bonds is 2. The maximum atomic E-state index is 13.1. The topological polar surface area (TPSA) is 45.5 Å². The van der Waals surface area contributed by atoms with Gasteiger partial charge in [0, 0.05) is 37.6 Å². The molecule has 4 rings (SSSR count). The summed E-state index contributed by atoms with van der Waals surface area (Å²) in [6, 6.07) is 8.44. The van der Waals surface area contributed by atoms with Crippen molar-refractivity contribution in [2.24, 2.45) is 0 Å². The Hall–Kier alpha value is -2.47. The maximum Gasteiger partial charge on any atom is 0.154 e. The zero-order chi connectivity index (χ0) is 15.6. The van der Waals surface area contributed by atoms with Crippen LogP contribution in [-0.4, -0.2) is 40.8 Å². The fourth-order valence-electron chi connectivity index (χ4n) is 2.97. The van der Waals surface area contributed by atoms with E-state index >= 15 is 0 Å². The van der Waals surface area contributed by atoms with Gasteiger partial charge in [-0.25, -0.2) is 13.9 Å². The predicted molar refractivity (Wildman–Crippen MR) is 88.1 cm³/mol. The average molecular weight is 311 g/mol. The monoisotopic (exact) mass is 311 g/mol. The maximum absolute atomic E-state index is 13.1. The average Bonchev–Trinajstić information content (AvgIpc) is 2.83. The Morgan fingerprint density at radius 3 is 2.83 bits per heavy atom. The molecule has 0 atom stereocenters. The molecule has 1 saturated heterocycles. The number of hydrogen-bond acceptors (Lipinski definition) is 4. The summed E-state index contributed by atoms with van der Waals surface area (Å²) in [6.07, 6.45) is 4.73. The van der Waals surface area contributed by atoms with Crippen LogP contribution in [0.2, 0.25) is 0 Å². The largest absolute Gasteiger partial charge is 0.354 e. The highest BCUT2D eigenvalue weighted by molar-refractivity contribution is 5.75. The second-order valence-electron chi connectivity index (χ2n) is 5.71. The van der Waals surface area contributed by atoms with Gasteiger partial charge >= 0.3 is 0 Å². The van der Waals surface area contributed by atoms with Crippen molar-refractivity contribution < 1.29 is 4.39 Å². The van der Waals surface area contributed by atoms with E-state index in [4.69, 9.17) is 0 Å². The molecule has 1 fully saturated rings. The van der Waals surface area contributed by atoms with Crippen LogP contribution in [0.25, 0.3) is 16.8 Å². The molecular weight excluding hydrogens is 293 g/mol. The second-order valence-corrected chi connectivity index (χ2v) is 5.71. The lowest BCUT2D eigenvalue weighted by Gasteiger charge is -2.21. The van der Waals surface area contributed by atoms with E-state index in [1.807, 2.05) is 16.8 Å². The molecule has 1 aliphatic heterocycles. The standard InChI is InChI=1S/C17H18FN5/c18-14-4-2-13(3-5-14)15-12-16-17(20-8-11-23(16)21-15)22-9-1-6-19-7-10-22/h2-5,8,11-12,19H,1,6-7,9-10H2. The van der Waals surface area contributed by atoms with Crippen molar-refractivity contribution in [3.63, 3.8) is 0 Å². The molecule has 0 unspecified atom stereocenters. The van der Waals surface area contributed by atoms with Crippen molar-refractivity contribution in [3.05, 3.63) is 48.5 Å². The van der Waals surface area contributed by atoms with Gasteiger partial charge in [0.25, 0.3) is 0 Å². The zero-order valence-corrected chi connectivity index (χ0v) is 12.7. The number of fused-ring (bicyclic) bond motifs is 1. The van der Waals surface area contributed by atoms with E-state index in [1.165, 1.54) is 12.1 Å². The quantitative estimate of drug-likeness (QED) is 0.789. The molecule has 2 aromatic heterocycles. The fourth-order valence-corrected chi connectivity index (χ4v) is 2.97. The first-order chi connectivity index (χ1) is 11.3. The molecule has 5 nitrogen and oxygen atoms in total. The molecule has 6 heteroatoms. The Morgan fingerprint density at radius 1 is 1.09 bits per heavy atom. The summed E-state index contributed by atoms with van der Waals surface area (Å²) < 4.78 is 15.0. The number of benzene rings is 1. The molecule has 0 amide bonds. The molecular formula is C17H18FN5. The number of anilines is 1. The summed E-state index contributed by atoms with van der Waals surface area (Å²) in [5.41, 5.74) is 2.71. The minimum atomic E-state index is -0.239. The molecule has 1 aromatic carbocycles. The lowest BCUT2D eigenvalue weighted by molar-refractivity contribution is 0.628. The molecule has 1 aliphatic rings. The summed E-state index contributed by atoms with van der Waals surface area (Å²) in [5, 5.41) is 8.01. The number of nitrogens with zero attached hydrogens (tertiary/aromatic N) is 4. The molecule has 0 saturated carbocycles. The summed E-state index contributed by atoms with van der Waals surface area (Å²) in [7, 11) is 0. The van der Waals surface area contributed by atoms with E-state index in [-0.39, 0.29) is 5.82 Å². The van der Waals surface area contributed by atoms with E-state index in [0.29, 0.717) is 0 Å². The van der Waals surface area contributed by atoms with Crippen molar-refractivity contribution in [2.75, 3.05) is 31.1 Å². The Kier molecular flexibility index (Phi) is 3.67. The van der Waals surface area contributed by atoms with Gasteiger partial charge in [-0.05, 0) is 43.3 Å². The SMILES string of the molecule is Fc1ccc(-c2cc3c(N4CCCNCC4)nccn3n2)cc1. The van der Waals surface area contributed by atoms with Crippen LogP contribution in [0.3, 0.4) is 0 Å². The third-order valence-corrected chi connectivity index (χ3v) is 4.15. The Morgan fingerprint density at radius 2 is 1.96 bits per heavy atom. The van der Waals surface area contributed by atoms with E-state index in [1.54, 1.807) is 18.3 Å². The third-order valence-electron chi connectivity index (χ3n) is 4.15. The molecule has 3 heterocycles. The van der Waals surface area contributed by atoms with Gasteiger partial charge in [-0.3, -0.25) is 0 Å². The predicted octanol–water partition coefficient (Wildman–Crippen LogP) is 2.34. The van der Waals surface area contributed by atoms with Crippen molar-refractivity contribution in [1.82, 2.24) is 19.9 Å². The zero-order valence-electron chi connectivity index (χ0n) is 12.7. The molecule has 0 aliphatic carbocycles. The molecule has 0 bridgehead atoms. The van der Waals surface area contributed by atoms with Gasteiger partial charge in [-0.15, -0.1) is 0 Å². The van der Waals surface area contributed by atoms with Crippen LogP contribution in [0.5, 0.6) is 0 Å².